The third-order valence-corrected chi connectivity index (χ3v) is 3.23. The van der Waals surface area contributed by atoms with Gasteiger partial charge in [-0.15, -0.1) is 0 Å². The molecule has 0 fully saturated rings. The topological polar surface area (TPSA) is 45.8 Å². The SMILES string of the molecule is Cc1cccc(C)c1-c1nc(C(C)(C)C)cc(=O)[nH]1. The molecule has 0 saturated carbocycles. The van der Waals surface area contributed by atoms with Crippen LogP contribution >= 0.6 is 0 Å². The number of nitrogens with one attached hydrogen (secondary N) is 1. The van der Waals surface area contributed by atoms with E-state index in [1.165, 1.54) is 0 Å². The summed E-state index contributed by atoms with van der Waals surface area (Å²) in [5.41, 5.74) is 3.83. The van der Waals surface area contributed by atoms with Gasteiger partial charge in [0.15, 0.2) is 0 Å². The Morgan fingerprint density at radius 3 is 2.21 bits per heavy atom. The summed E-state index contributed by atoms with van der Waals surface area (Å²) < 4.78 is 0. The molecule has 1 aromatic heterocycles. The zero-order valence-electron chi connectivity index (χ0n) is 12.2. The van der Waals surface area contributed by atoms with Crippen molar-refractivity contribution in [3.05, 3.63) is 51.4 Å². The molecular weight excluding hydrogens is 236 g/mol. The van der Waals surface area contributed by atoms with Crippen molar-refractivity contribution >= 4 is 0 Å². The van der Waals surface area contributed by atoms with Gasteiger partial charge in [0, 0.05) is 17.0 Å². The standard InChI is InChI=1S/C16H20N2O/c1-10-7-6-8-11(2)14(10)15-17-12(16(3,4)5)9-13(19)18-15/h6-9H,1-5H3,(H,17,18,19). The molecule has 2 rings (SSSR count). The number of hydrogen-bond acceptors (Lipinski definition) is 2. The van der Waals surface area contributed by atoms with E-state index in [0.29, 0.717) is 5.82 Å². The lowest BCUT2D eigenvalue weighted by atomic mass is 9.91. The normalized spacial score (nSPS) is 11.6. The van der Waals surface area contributed by atoms with Gasteiger partial charge in [-0.05, 0) is 25.0 Å². The van der Waals surface area contributed by atoms with Crippen LogP contribution in [0.3, 0.4) is 0 Å². The van der Waals surface area contributed by atoms with Gasteiger partial charge in [-0.25, -0.2) is 4.98 Å². The monoisotopic (exact) mass is 256 g/mol. The molecule has 0 amide bonds. The summed E-state index contributed by atoms with van der Waals surface area (Å²) in [5, 5.41) is 0. The van der Waals surface area contributed by atoms with Crippen LogP contribution in [0.1, 0.15) is 37.6 Å². The predicted molar refractivity (Wildman–Crippen MR) is 78.5 cm³/mol. The van der Waals surface area contributed by atoms with Crippen molar-refractivity contribution in [2.75, 3.05) is 0 Å². The van der Waals surface area contributed by atoms with Crippen LogP contribution in [0.5, 0.6) is 0 Å². The molecule has 0 atom stereocenters. The summed E-state index contributed by atoms with van der Waals surface area (Å²) in [6.07, 6.45) is 0. The molecule has 3 nitrogen and oxygen atoms in total. The Kier molecular flexibility index (Phi) is 3.31. The molecule has 3 heteroatoms. The lowest BCUT2D eigenvalue weighted by Gasteiger charge is -2.18. The first-order valence-corrected chi connectivity index (χ1v) is 6.47. The van der Waals surface area contributed by atoms with Crippen LogP contribution in [0.2, 0.25) is 0 Å². The van der Waals surface area contributed by atoms with Gasteiger partial charge in [-0.1, -0.05) is 39.0 Å². The third kappa shape index (κ3) is 2.75. The minimum Gasteiger partial charge on any atom is -0.306 e. The number of rotatable bonds is 1. The van der Waals surface area contributed by atoms with Crippen molar-refractivity contribution < 1.29 is 0 Å². The summed E-state index contributed by atoms with van der Waals surface area (Å²) >= 11 is 0. The highest BCUT2D eigenvalue weighted by molar-refractivity contribution is 5.64. The van der Waals surface area contributed by atoms with Gasteiger partial charge < -0.3 is 4.98 Å². The van der Waals surface area contributed by atoms with E-state index in [9.17, 15) is 4.79 Å². The average molecular weight is 256 g/mol. The fourth-order valence-corrected chi connectivity index (χ4v) is 2.15. The van der Waals surface area contributed by atoms with Gasteiger partial charge in [-0.3, -0.25) is 4.79 Å². The number of aryl methyl sites for hydroxylation is 2. The second-order valence-corrected chi connectivity index (χ2v) is 6.00. The minimum atomic E-state index is -0.139. The van der Waals surface area contributed by atoms with Crippen molar-refractivity contribution in [1.29, 1.82) is 0 Å². The minimum absolute atomic E-state index is 0.0995. The molecule has 1 N–H and O–H groups in total. The van der Waals surface area contributed by atoms with Crippen molar-refractivity contribution in [3.8, 4) is 11.4 Å². The molecular formula is C16H20N2O. The van der Waals surface area contributed by atoms with E-state index in [-0.39, 0.29) is 11.0 Å². The second kappa shape index (κ2) is 4.65. The van der Waals surface area contributed by atoms with E-state index >= 15 is 0 Å². The maximum absolute atomic E-state index is 11.9. The molecule has 0 bridgehead atoms. The molecule has 0 spiro atoms. The van der Waals surface area contributed by atoms with Crippen LogP contribution in [-0.4, -0.2) is 9.97 Å². The van der Waals surface area contributed by atoms with Crippen LogP contribution in [0, 0.1) is 13.8 Å². The third-order valence-electron chi connectivity index (χ3n) is 3.23. The number of aromatic amines is 1. The van der Waals surface area contributed by atoms with E-state index in [0.717, 1.165) is 22.4 Å². The van der Waals surface area contributed by atoms with Crippen molar-refractivity contribution in [3.63, 3.8) is 0 Å². The van der Waals surface area contributed by atoms with Crippen LogP contribution < -0.4 is 5.56 Å². The first-order valence-electron chi connectivity index (χ1n) is 6.47. The number of aromatic nitrogens is 2. The molecule has 100 valence electrons. The number of nitrogens with zero attached hydrogens (tertiary/aromatic N) is 1. The lowest BCUT2D eigenvalue weighted by molar-refractivity contribution is 0.566. The van der Waals surface area contributed by atoms with Gasteiger partial charge in [0.2, 0.25) is 0 Å². The van der Waals surface area contributed by atoms with Gasteiger partial charge in [0.05, 0.1) is 5.69 Å². The molecule has 0 saturated heterocycles. The quantitative estimate of drug-likeness (QED) is 0.850. The Hall–Kier alpha value is -1.90. The Balaban J connectivity index is 2.70. The van der Waals surface area contributed by atoms with Gasteiger partial charge >= 0.3 is 0 Å². The summed E-state index contributed by atoms with van der Waals surface area (Å²) in [4.78, 5) is 19.4. The largest absolute Gasteiger partial charge is 0.306 e. The molecule has 19 heavy (non-hydrogen) atoms. The molecule has 0 aliphatic rings. The highest BCUT2D eigenvalue weighted by Gasteiger charge is 2.18. The Morgan fingerprint density at radius 2 is 1.68 bits per heavy atom. The maximum atomic E-state index is 11.9. The molecule has 0 aliphatic carbocycles. The maximum Gasteiger partial charge on any atom is 0.251 e. The van der Waals surface area contributed by atoms with Crippen LogP contribution in [0.15, 0.2) is 29.1 Å². The first kappa shape index (κ1) is 13.5. The second-order valence-electron chi connectivity index (χ2n) is 6.00. The van der Waals surface area contributed by atoms with Gasteiger partial charge in [-0.2, -0.15) is 0 Å². The van der Waals surface area contributed by atoms with E-state index in [1.54, 1.807) is 6.07 Å². The smallest absolute Gasteiger partial charge is 0.251 e. The van der Waals surface area contributed by atoms with Gasteiger partial charge in [0.1, 0.15) is 5.82 Å². The Morgan fingerprint density at radius 1 is 1.11 bits per heavy atom. The molecule has 0 aliphatic heterocycles. The highest BCUT2D eigenvalue weighted by atomic mass is 16.1. The zero-order chi connectivity index (χ0) is 14.2. The van der Waals surface area contributed by atoms with E-state index in [2.05, 4.69) is 30.7 Å². The van der Waals surface area contributed by atoms with Gasteiger partial charge in [0.25, 0.3) is 5.56 Å². The first-order chi connectivity index (χ1) is 8.79. The zero-order valence-corrected chi connectivity index (χ0v) is 12.2. The number of H-pyrrole nitrogens is 1. The molecule has 0 unspecified atom stereocenters. The fraction of sp³-hybridized carbons (Fsp3) is 0.375. The average Bonchev–Trinajstić information content (AvgIpc) is 2.26. The van der Waals surface area contributed by atoms with E-state index in [4.69, 9.17) is 0 Å². The Labute approximate surface area is 113 Å². The van der Waals surface area contributed by atoms with Crippen LogP contribution in [-0.2, 0) is 5.41 Å². The summed E-state index contributed by atoms with van der Waals surface area (Å²) in [5.74, 6) is 0.660. The summed E-state index contributed by atoms with van der Waals surface area (Å²) in [7, 11) is 0. The molecule has 1 heterocycles. The van der Waals surface area contributed by atoms with Crippen LogP contribution in [0.4, 0.5) is 0 Å². The fourth-order valence-electron chi connectivity index (χ4n) is 2.15. The number of hydrogen-bond donors (Lipinski definition) is 1. The van der Waals surface area contributed by atoms with E-state index < -0.39 is 0 Å². The Bertz CT molecular complexity index is 643. The molecule has 1 aromatic carbocycles. The van der Waals surface area contributed by atoms with Crippen LogP contribution in [0.25, 0.3) is 11.4 Å². The lowest BCUT2D eigenvalue weighted by Crippen LogP contribution is -2.20. The number of benzene rings is 1. The highest BCUT2D eigenvalue weighted by Crippen LogP contribution is 2.25. The van der Waals surface area contributed by atoms with Crippen molar-refractivity contribution in [2.45, 2.75) is 40.0 Å². The summed E-state index contributed by atoms with van der Waals surface area (Å²) in [6.45, 7) is 10.2. The van der Waals surface area contributed by atoms with E-state index in [1.807, 2.05) is 32.0 Å². The van der Waals surface area contributed by atoms with Crippen molar-refractivity contribution in [1.82, 2.24) is 9.97 Å². The summed E-state index contributed by atoms with van der Waals surface area (Å²) in [6, 6.07) is 7.66. The molecule has 2 aromatic rings. The predicted octanol–water partition coefficient (Wildman–Crippen LogP) is 3.35. The molecule has 0 radical (unpaired) electrons. The van der Waals surface area contributed by atoms with Crippen molar-refractivity contribution in [2.24, 2.45) is 0 Å².